The second kappa shape index (κ2) is 9.96. The van der Waals surface area contributed by atoms with Gasteiger partial charge in [-0.15, -0.1) is 0 Å². The zero-order chi connectivity index (χ0) is 21.6. The lowest BCUT2D eigenvalue weighted by atomic mass is 9.97. The number of ether oxygens (including phenoxy) is 2. The Bertz CT molecular complexity index is 700. The van der Waals surface area contributed by atoms with Crippen molar-refractivity contribution in [3.8, 4) is 5.75 Å². The molecule has 162 valence electrons. The summed E-state index contributed by atoms with van der Waals surface area (Å²) in [5.41, 5.74) is 0.538. The van der Waals surface area contributed by atoms with Crippen molar-refractivity contribution in [2.75, 3.05) is 40.8 Å². The molecule has 2 atom stereocenters. The van der Waals surface area contributed by atoms with E-state index in [1.54, 1.807) is 12.0 Å². The molecule has 1 aromatic carbocycles. The highest BCUT2D eigenvalue weighted by Gasteiger charge is 2.31. The number of hydrogen-bond donors (Lipinski definition) is 1. The summed E-state index contributed by atoms with van der Waals surface area (Å²) >= 11 is 0. The highest BCUT2D eigenvalue weighted by Crippen LogP contribution is 2.23. The summed E-state index contributed by atoms with van der Waals surface area (Å²) in [6, 6.07) is 7.90. The number of rotatable bonds is 6. The first-order valence-electron chi connectivity index (χ1n) is 10.2. The topological polar surface area (TPSA) is 71.1 Å². The zero-order valence-electron chi connectivity index (χ0n) is 18.5. The Morgan fingerprint density at radius 3 is 2.66 bits per heavy atom. The molecular formula is C22H35N3O4. The largest absolute Gasteiger partial charge is 0.497 e. The number of nitrogens with one attached hydrogen (secondary N) is 1. The maximum atomic E-state index is 12.8. The van der Waals surface area contributed by atoms with Gasteiger partial charge in [0.15, 0.2) is 0 Å². The fourth-order valence-electron chi connectivity index (χ4n) is 3.47. The first-order valence-corrected chi connectivity index (χ1v) is 10.2. The molecule has 29 heavy (non-hydrogen) atoms. The number of carbonyl (C=O) groups excluding carboxylic acids is 2. The number of nitrogens with zero attached hydrogens (tertiary/aromatic N) is 2. The van der Waals surface area contributed by atoms with Crippen molar-refractivity contribution in [2.24, 2.45) is 5.92 Å². The first kappa shape index (κ1) is 23.0. The molecule has 1 fully saturated rings. The van der Waals surface area contributed by atoms with Crippen molar-refractivity contribution in [2.45, 2.75) is 45.3 Å². The van der Waals surface area contributed by atoms with Crippen LogP contribution in [0.3, 0.4) is 0 Å². The average molecular weight is 406 g/mol. The van der Waals surface area contributed by atoms with Crippen LogP contribution in [-0.2, 0) is 9.53 Å². The van der Waals surface area contributed by atoms with Gasteiger partial charge < -0.3 is 24.6 Å². The second-order valence-corrected chi connectivity index (χ2v) is 8.77. The van der Waals surface area contributed by atoms with Gasteiger partial charge in [-0.1, -0.05) is 12.1 Å². The van der Waals surface area contributed by atoms with Crippen LogP contribution in [0.1, 0.15) is 45.2 Å². The van der Waals surface area contributed by atoms with Crippen molar-refractivity contribution in [1.82, 2.24) is 15.1 Å². The van der Waals surface area contributed by atoms with Crippen LogP contribution in [0.4, 0.5) is 4.79 Å². The standard InChI is InChI=1S/C22H35N3O4/c1-22(2,3)29-21(27)25-12-8-10-17(15-25)20(26)23-14-19(24(4)5)16-9-7-11-18(13-16)28-6/h7,9,11,13,17,19H,8,10,12,14-15H2,1-6H3,(H,23,26). The Kier molecular flexibility index (Phi) is 7.90. The van der Waals surface area contributed by atoms with Gasteiger partial charge in [0.1, 0.15) is 11.4 Å². The molecule has 2 amide bonds. The molecule has 0 aliphatic carbocycles. The molecule has 2 unspecified atom stereocenters. The van der Waals surface area contributed by atoms with E-state index in [-0.39, 0.29) is 24.0 Å². The van der Waals surface area contributed by atoms with E-state index in [1.807, 2.05) is 59.1 Å². The molecular weight excluding hydrogens is 370 g/mol. The SMILES string of the molecule is COc1cccc(C(CNC(=O)C2CCCN(C(=O)OC(C)(C)C)C2)N(C)C)c1. The number of amides is 2. The number of benzene rings is 1. The lowest BCUT2D eigenvalue weighted by Gasteiger charge is -2.34. The van der Waals surface area contributed by atoms with E-state index in [0.717, 1.165) is 24.2 Å². The minimum Gasteiger partial charge on any atom is -0.497 e. The predicted octanol–water partition coefficient (Wildman–Crippen LogP) is 3.06. The van der Waals surface area contributed by atoms with Gasteiger partial charge >= 0.3 is 6.09 Å². The van der Waals surface area contributed by atoms with Gasteiger partial charge in [0.25, 0.3) is 0 Å². The number of carbonyl (C=O) groups is 2. The summed E-state index contributed by atoms with van der Waals surface area (Å²) in [5.74, 6) is 0.554. The minimum atomic E-state index is -0.540. The maximum absolute atomic E-state index is 12.8. The summed E-state index contributed by atoms with van der Waals surface area (Å²) in [5, 5.41) is 3.08. The Hall–Kier alpha value is -2.28. The van der Waals surface area contributed by atoms with E-state index in [9.17, 15) is 9.59 Å². The monoisotopic (exact) mass is 405 g/mol. The van der Waals surface area contributed by atoms with E-state index in [4.69, 9.17) is 9.47 Å². The van der Waals surface area contributed by atoms with Gasteiger partial charge in [-0.3, -0.25) is 4.79 Å². The molecule has 1 saturated heterocycles. The molecule has 7 nitrogen and oxygen atoms in total. The Morgan fingerprint density at radius 2 is 2.03 bits per heavy atom. The molecule has 1 aliphatic heterocycles. The van der Waals surface area contributed by atoms with Crippen molar-refractivity contribution in [1.29, 1.82) is 0 Å². The van der Waals surface area contributed by atoms with Crippen LogP contribution in [-0.4, -0.2) is 68.2 Å². The number of piperidine rings is 1. The quantitative estimate of drug-likeness (QED) is 0.788. The number of likely N-dealkylation sites (N-methyl/N-ethyl adjacent to an activating group) is 1. The van der Waals surface area contributed by atoms with E-state index >= 15 is 0 Å². The normalized spacial score (nSPS) is 18.3. The van der Waals surface area contributed by atoms with Crippen LogP contribution in [0.25, 0.3) is 0 Å². The van der Waals surface area contributed by atoms with Gasteiger partial charge in [0.05, 0.1) is 19.1 Å². The third-order valence-corrected chi connectivity index (χ3v) is 5.02. The third kappa shape index (κ3) is 6.92. The van der Waals surface area contributed by atoms with E-state index in [2.05, 4.69) is 10.2 Å². The Morgan fingerprint density at radius 1 is 1.31 bits per heavy atom. The molecule has 0 aromatic heterocycles. The van der Waals surface area contributed by atoms with Crippen LogP contribution in [0.2, 0.25) is 0 Å². The Labute approximate surface area is 174 Å². The zero-order valence-corrected chi connectivity index (χ0v) is 18.5. The fraction of sp³-hybridized carbons (Fsp3) is 0.636. The van der Waals surface area contributed by atoms with Gasteiger partial charge in [0.2, 0.25) is 5.91 Å². The summed E-state index contributed by atoms with van der Waals surface area (Å²) in [7, 11) is 5.62. The molecule has 1 aliphatic rings. The van der Waals surface area contributed by atoms with Crippen molar-refractivity contribution >= 4 is 12.0 Å². The van der Waals surface area contributed by atoms with Crippen LogP contribution in [0.15, 0.2) is 24.3 Å². The predicted molar refractivity (Wildman–Crippen MR) is 113 cm³/mol. The van der Waals surface area contributed by atoms with Crippen molar-refractivity contribution in [3.63, 3.8) is 0 Å². The van der Waals surface area contributed by atoms with E-state index < -0.39 is 5.60 Å². The van der Waals surface area contributed by atoms with Gasteiger partial charge in [-0.05, 0) is 65.4 Å². The summed E-state index contributed by atoms with van der Waals surface area (Å²) < 4.78 is 10.8. The van der Waals surface area contributed by atoms with Gasteiger partial charge in [-0.25, -0.2) is 4.79 Å². The Balaban J connectivity index is 1.96. The molecule has 0 radical (unpaired) electrons. The van der Waals surface area contributed by atoms with Crippen LogP contribution in [0, 0.1) is 5.92 Å². The lowest BCUT2D eigenvalue weighted by Crippen LogP contribution is -2.47. The summed E-state index contributed by atoms with van der Waals surface area (Å²) in [4.78, 5) is 28.9. The number of likely N-dealkylation sites (tertiary alicyclic amines) is 1. The number of methoxy groups -OCH3 is 1. The van der Waals surface area contributed by atoms with Crippen LogP contribution < -0.4 is 10.1 Å². The minimum absolute atomic E-state index is 0.0204. The first-order chi connectivity index (χ1) is 13.6. The molecule has 2 rings (SSSR count). The average Bonchev–Trinajstić information content (AvgIpc) is 2.66. The molecule has 7 heteroatoms. The van der Waals surface area contributed by atoms with Crippen molar-refractivity contribution < 1.29 is 19.1 Å². The number of hydrogen-bond acceptors (Lipinski definition) is 5. The summed E-state index contributed by atoms with van der Waals surface area (Å²) in [6.45, 7) is 7.05. The molecule has 1 N–H and O–H groups in total. The van der Waals surface area contributed by atoms with Gasteiger partial charge in [0, 0.05) is 19.6 Å². The smallest absolute Gasteiger partial charge is 0.410 e. The molecule has 1 aromatic rings. The lowest BCUT2D eigenvalue weighted by molar-refractivity contribution is -0.126. The van der Waals surface area contributed by atoms with E-state index in [1.165, 1.54) is 0 Å². The van der Waals surface area contributed by atoms with E-state index in [0.29, 0.717) is 19.6 Å². The highest BCUT2D eigenvalue weighted by atomic mass is 16.6. The summed E-state index contributed by atoms with van der Waals surface area (Å²) in [6.07, 6.45) is 1.22. The van der Waals surface area contributed by atoms with Gasteiger partial charge in [-0.2, -0.15) is 0 Å². The maximum Gasteiger partial charge on any atom is 0.410 e. The van der Waals surface area contributed by atoms with Crippen LogP contribution in [0.5, 0.6) is 5.75 Å². The van der Waals surface area contributed by atoms with Crippen LogP contribution >= 0.6 is 0 Å². The molecule has 0 bridgehead atoms. The third-order valence-electron chi connectivity index (χ3n) is 5.02. The highest BCUT2D eigenvalue weighted by molar-refractivity contribution is 5.80. The van der Waals surface area contributed by atoms with Crippen molar-refractivity contribution in [3.05, 3.63) is 29.8 Å². The second-order valence-electron chi connectivity index (χ2n) is 8.77. The fourth-order valence-corrected chi connectivity index (χ4v) is 3.47. The molecule has 1 heterocycles. The molecule has 0 spiro atoms. The molecule has 0 saturated carbocycles.